The van der Waals surface area contributed by atoms with Gasteiger partial charge in [-0.3, -0.25) is 9.59 Å². The Kier molecular flexibility index (Phi) is 6.97. The van der Waals surface area contributed by atoms with E-state index in [1.165, 1.54) is 12.1 Å². The molecule has 1 N–H and O–H groups in total. The van der Waals surface area contributed by atoms with Gasteiger partial charge < -0.3 is 14.5 Å². The van der Waals surface area contributed by atoms with Crippen LogP contribution in [0, 0.1) is 5.82 Å². The molecule has 0 spiro atoms. The molecule has 3 saturated heterocycles. The number of nitrogens with one attached hydrogen (secondary N) is 1. The van der Waals surface area contributed by atoms with Gasteiger partial charge in [-0.2, -0.15) is 18.3 Å². The van der Waals surface area contributed by atoms with Gasteiger partial charge in [-0.1, -0.05) is 6.07 Å². The van der Waals surface area contributed by atoms with Crippen LogP contribution in [0.2, 0.25) is 0 Å². The van der Waals surface area contributed by atoms with Gasteiger partial charge in [-0.15, -0.1) is 0 Å². The number of halogens is 4. The Labute approximate surface area is 248 Å². The van der Waals surface area contributed by atoms with Crippen molar-refractivity contribution in [3.05, 3.63) is 87.3 Å². The number of piperidine rings is 2. The number of rotatable bonds is 6. The number of piperazine rings is 1. The van der Waals surface area contributed by atoms with Gasteiger partial charge in [-0.05, 0) is 68.0 Å². The lowest BCUT2D eigenvalue weighted by Crippen LogP contribution is -2.64. The second-order valence-corrected chi connectivity index (χ2v) is 11.6. The zero-order chi connectivity index (χ0) is 30.6. The third-order valence-electron chi connectivity index (χ3n) is 8.84. The maximum absolute atomic E-state index is 15.1. The standard InChI is InChI=1S/C31H28F4N6O3/c32-26-9-4-17(11-27-24-12-22(44-21-2-1-3-21)7-8-23(24)28(42)39-38-27)10-25(26)29(43)40-15-20-6-5-19(40)16-41(20)30-36-13-18(14-37-30)31(33,34)35/h4,7-10,12-14,19-21H,1-3,5-6,11,15-16H2,(H,39,42). The molecule has 9 nitrogen and oxygen atoms in total. The van der Waals surface area contributed by atoms with Crippen molar-refractivity contribution in [2.75, 3.05) is 18.0 Å². The Morgan fingerprint density at radius 1 is 0.977 bits per heavy atom. The van der Waals surface area contributed by atoms with Crippen molar-refractivity contribution in [2.45, 2.75) is 62.9 Å². The van der Waals surface area contributed by atoms with Gasteiger partial charge in [0.05, 0.1) is 28.3 Å². The largest absolute Gasteiger partial charge is 0.490 e. The van der Waals surface area contributed by atoms with Gasteiger partial charge in [0.1, 0.15) is 11.6 Å². The Morgan fingerprint density at radius 3 is 2.43 bits per heavy atom. The molecule has 1 saturated carbocycles. The van der Waals surface area contributed by atoms with Gasteiger partial charge >= 0.3 is 6.18 Å². The third kappa shape index (κ3) is 5.24. The summed E-state index contributed by atoms with van der Waals surface area (Å²) in [5.74, 6) is -0.280. The highest BCUT2D eigenvalue weighted by Gasteiger charge is 2.43. The first kappa shape index (κ1) is 28.2. The van der Waals surface area contributed by atoms with E-state index >= 15 is 4.39 Å². The molecule has 4 aromatic rings. The molecule has 2 aromatic heterocycles. The van der Waals surface area contributed by atoms with Crippen LogP contribution < -0.4 is 15.2 Å². The van der Waals surface area contributed by atoms with Crippen molar-refractivity contribution in [2.24, 2.45) is 0 Å². The molecule has 1 amide bonds. The highest BCUT2D eigenvalue weighted by Crippen LogP contribution is 2.34. The van der Waals surface area contributed by atoms with Gasteiger partial charge in [0.15, 0.2) is 0 Å². The van der Waals surface area contributed by atoms with Crippen LogP contribution in [0.25, 0.3) is 10.8 Å². The number of amides is 1. The van der Waals surface area contributed by atoms with E-state index in [-0.39, 0.29) is 48.2 Å². The summed E-state index contributed by atoms with van der Waals surface area (Å²) < 4.78 is 60.0. The van der Waals surface area contributed by atoms with Crippen LogP contribution in [-0.4, -0.2) is 62.2 Å². The Bertz CT molecular complexity index is 1790. The first-order valence-electron chi connectivity index (χ1n) is 14.6. The number of anilines is 1. The monoisotopic (exact) mass is 608 g/mol. The molecule has 8 rings (SSSR count). The molecule has 4 aliphatic rings. The van der Waals surface area contributed by atoms with Crippen LogP contribution in [0.1, 0.15) is 59.3 Å². The number of aromatic nitrogens is 4. The first-order valence-corrected chi connectivity index (χ1v) is 14.6. The Morgan fingerprint density at radius 2 is 1.75 bits per heavy atom. The molecule has 2 aromatic carbocycles. The number of nitrogens with zero attached hydrogens (tertiary/aromatic N) is 5. The molecule has 3 aliphatic heterocycles. The van der Waals surface area contributed by atoms with Crippen LogP contribution >= 0.6 is 0 Å². The van der Waals surface area contributed by atoms with Crippen molar-refractivity contribution in [1.29, 1.82) is 0 Å². The minimum Gasteiger partial charge on any atom is -0.490 e. The normalized spacial score (nSPS) is 20.2. The summed E-state index contributed by atoms with van der Waals surface area (Å²) in [6.07, 6.45) is 1.88. The number of benzene rings is 2. The van der Waals surface area contributed by atoms with Crippen LogP contribution in [-0.2, 0) is 12.6 Å². The van der Waals surface area contributed by atoms with E-state index in [2.05, 4.69) is 20.2 Å². The van der Waals surface area contributed by atoms with Gasteiger partial charge in [0, 0.05) is 49.4 Å². The smallest absolute Gasteiger partial charge is 0.419 e. The van der Waals surface area contributed by atoms with Crippen molar-refractivity contribution >= 4 is 22.6 Å². The molecule has 2 atom stereocenters. The van der Waals surface area contributed by atoms with Crippen molar-refractivity contribution < 1.29 is 27.1 Å². The van der Waals surface area contributed by atoms with Crippen molar-refractivity contribution in [1.82, 2.24) is 25.1 Å². The number of aromatic amines is 1. The minimum absolute atomic E-state index is 0.0740. The summed E-state index contributed by atoms with van der Waals surface area (Å²) in [4.78, 5) is 37.5. The van der Waals surface area contributed by atoms with E-state index in [4.69, 9.17) is 4.74 Å². The van der Waals surface area contributed by atoms with E-state index in [0.717, 1.165) is 31.7 Å². The van der Waals surface area contributed by atoms with E-state index in [0.29, 0.717) is 47.2 Å². The average Bonchev–Trinajstić information content (AvgIpc) is 3.00. The van der Waals surface area contributed by atoms with Gasteiger partial charge in [-0.25, -0.2) is 19.5 Å². The Balaban J connectivity index is 1.11. The predicted molar refractivity (Wildman–Crippen MR) is 152 cm³/mol. The predicted octanol–water partition coefficient (Wildman–Crippen LogP) is 4.89. The zero-order valence-electron chi connectivity index (χ0n) is 23.5. The lowest BCUT2D eigenvalue weighted by molar-refractivity contribution is -0.138. The van der Waals surface area contributed by atoms with Crippen LogP contribution in [0.3, 0.4) is 0 Å². The molecule has 1 aliphatic carbocycles. The molecule has 4 fully saturated rings. The second kappa shape index (κ2) is 10.9. The molecular weight excluding hydrogens is 580 g/mol. The summed E-state index contributed by atoms with van der Waals surface area (Å²) in [6, 6.07) is 9.15. The summed E-state index contributed by atoms with van der Waals surface area (Å²) >= 11 is 0. The molecule has 2 unspecified atom stereocenters. The third-order valence-corrected chi connectivity index (χ3v) is 8.84. The number of hydrogen-bond acceptors (Lipinski definition) is 7. The summed E-state index contributed by atoms with van der Waals surface area (Å²) in [6.45, 7) is 0.606. The SMILES string of the molecule is O=C(c1cc(Cc2n[nH]c(=O)c3ccc(OC4CCC4)cc23)ccc1F)N1CC2CCC1CN2c1ncc(C(F)(F)F)cn1. The minimum atomic E-state index is -4.53. The van der Waals surface area contributed by atoms with Crippen LogP contribution in [0.5, 0.6) is 5.75 Å². The topological polar surface area (TPSA) is 104 Å². The van der Waals surface area contributed by atoms with Gasteiger partial charge in [0.2, 0.25) is 5.95 Å². The number of carbonyl (C=O) groups is 1. The van der Waals surface area contributed by atoms with Crippen molar-refractivity contribution in [3.8, 4) is 5.75 Å². The highest BCUT2D eigenvalue weighted by molar-refractivity contribution is 5.95. The molecule has 2 bridgehead atoms. The van der Waals surface area contributed by atoms with Crippen LogP contribution in [0.15, 0.2) is 53.6 Å². The van der Waals surface area contributed by atoms with E-state index in [9.17, 15) is 22.8 Å². The molecule has 44 heavy (non-hydrogen) atoms. The fourth-order valence-corrected chi connectivity index (χ4v) is 6.22. The lowest BCUT2D eigenvalue weighted by Gasteiger charge is -2.51. The average molecular weight is 609 g/mol. The maximum atomic E-state index is 15.1. The number of carbonyl (C=O) groups excluding carboxylic acids is 1. The maximum Gasteiger partial charge on any atom is 0.419 e. The number of fused-ring (bicyclic) bond motifs is 4. The fraction of sp³-hybridized carbons (Fsp3) is 0.387. The summed E-state index contributed by atoms with van der Waals surface area (Å²) in [5.41, 5.74) is -0.126. The molecule has 13 heteroatoms. The molecule has 228 valence electrons. The number of ether oxygens (including phenoxy) is 1. The number of alkyl halides is 3. The van der Waals surface area contributed by atoms with E-state index in [1.54, 1.807) is 29.2 Å². The van der Waals surface area contributed by atoms with E-state index < -0.39 is 23.5 Å². The number of H-pyrrole nitrogens is 1. The summed E-state index contributed by atoms with van der Waals surface area (Å²) in [5, 5.41) is 7.88. The summed E-state index contributed by atoms with van der Waals surface area (Å²) in [7, 11) is 0. The highest BCUT2D eigenvalue weighted by atomic mass is 19.4. The number of hydrogen-bond donors (Lipinski definition) is 1. The molecule has 5 heterocycles. The second-order valence-electron chi connectivity index (χ2n) is 11.6. The Hall–Kier alpha value is -4.55. The van der Waals surface area contributed by atoms with E-state index in [1.807, 2.05) is 4.90 Å². The molecular formula is C31H28F4N6O3. The van der Waals surface area contributed by atoms with Crippen LogP contribution in [0.4, 0.5) is 23.5 Å². The molecule has 0 radical (unpaired) electrons. The van der Waals surface area contributed by atoms with Gasteiger partial charge in [0.25, 0.3) is 11.5 Å². The first-order chi connectivity index (χ1) is 21.1. The van der Waals surface area contributed by atoms with Crippen molar-refractivity contribution in [3.63, 3.8) is 0 Å². The zero-order valence-corrected chi connectivity index (χ0v) is 23.5. The lowest BCUT2D eigenvalue weighted by atomic mass is 9.90. The quantitative estimate of drug-likeness (QED) is 0.311. The fourth-order valence-electron chi connectivity index (χ4n) is 6.22.